The van der Waals surface area contributed by atoms with E-state index in [1.54, 1.807) is 17.4 Å². The molecule has 0 amide bonds. The fourth-order valence-corrected chi connectivity index (χ4v) is 10.9. The third kappa shape index (κ3) is 4.81. The Morgan fingerprint density at radius 2 is 1.87 bits per heavy atom. The molecule has 2 atom stereocenters. The smallest absolute Gasteiger partial charge is 0.748 e. The van der Waals surface area contributed by atoms with Gasteiger partial charge in [-0.3, -0.25) is 0 Å². The van der Waals surface area contributed by atoms with E-state index < -0.39 is 37.2 Å². The van der Waals surface area contributed by atoms with Crippen molar-refractivity contribution in [1.29, 1.82) is 0 Å². The van der Waals surface area contributed by atoms with Crippen LogP contribution in [0.3, 0.4) is 0 Å². The van der Waals surface area contributed by atoms with Crippen LogP contribution in [0.25, 0.3) is 25.7 Å². The average Bonchev–Trinajstić information content (AvgIpc) is 3.40. The Bertz CT molecular complexity index is 1840. The number of quaternary nitrogens is 1. The quantitative estimate of drug-likeness (QED) is 0.137. The van der Waals surface area contributed by atoms with Gasteiger partial charge in [-0.25, -0.2) is 25.7 Å². The zero-order valence-corrected chi connectivity index (χ0v) is 26.1. The van der Waals surface area contributed by atoms with E-state index in [1.807, 2.05) is 34.9 Å². The first-order chi connectivity index (χ1) is 17.5. The first-order valence-electron chi connectivity index (χ1n) is 11.3. The summed E-state index contributed by atoms with van der Waals surface area (Å²) in [6.45, 7) is 0.613. The van der Waals surface area contributed by atoms with E-state index in [2.05, 4.69) is 0 Å². The number of hydrogen-bond donors (Lipinski definition) is 0. The van der Waals surface area contributed by atoms with Gasteiger partial charge in [0.15, 0.2) is 32.8 Å². The molecule has 2 aromatic heterocycles. The van der Waals surface area contributed by atoms with Crippen LogP contribution in [0.2, 0.25) is 0 Å². The number of hydrogen-bond acceptors (Lipinski definition) is 9. The normalized spacial score (nSPS) is 22.2. The van der Waals surface area contributed by atoms with Crippen LogP contribution in [0.15, 0.2) is 52.4 Å². The molecule has 6 rings (SSSR count). The molecule has 2 aromatic carbocycles. The summed E-state index contributed by atoms with van der Waals surface area (Å²) in [5, 5.41) is 1.12. The second kappa shape index (κ2) is 10.2. The number of thiazole rings is 1. The van der Waals surface area contributed by atoms with E-state index in [4.69, 9.17) is 0 Å². The average molecular weight is 622 g/mol. The van der Waals surface area contributed by atoms with Gasteiger partial charge >= 0.3 is 29.6 Å². The second-order valence-electron chi connectivity index (χ2n) is 8.97. The molecule has 2 unspecified atom stereocenters. The molecule has 2 aliphatic heterocycles. The third-order valence-corrected chi connectivity index (χ3v) is 12.5. The van der Waals surface area contributed by atoms with E-state index in [1.165, 1.54) is 35.2 Å². The number of halogens is 1. The minimum atomic E-state index is -4.68. The number of aromatic nitrogens is 1. The molecule has 1 saturated heterocycles. The van der Waals surface area contributed by atoms with E-state index in [0.717, 1.165) is 24.6 Å². The summed E-state index contributed by atoms with van der Waals surface area (Å²) in [7, 11) is -9.06. The minimum Gasteiger partial charge on any atom is -0.748 e. The molecule has 0 radical (unpaired) electrons. The molecule has 38 heavy (non-hydrogen) atoms. The summed E-state index contributed by atoms with van der Waals surface area (Å²) >= 11 is 4.33. The predicted molar refractivity (Wildman–Crippen MR) is 142 cm³/mol. The van der Waals surface area contributed by atoms with Crippen molar-refractivity contribution in [1.82, 2.24) is 4.48 Å². The Morgan fingerprint density at radius 3 is 2.55 bits per heavy atom. The standard InChI is InChI=1S/C23H19FN2O6S5.Na/c24-14-6-7-18-16(12-14)26(10-8-21(26)37(30,31)32)20(33-18)13-19-25(9-3-11-36(27,28)29)23-22(35-19)15-4-1-2-5-17(15)34-23;/h1-2,4-7,12-13,21H,3,8-11H2;/q;+1. The molecule has 0 saturated carbocycles. The first kappa shape index (κ1) is 28.6. The molecule has 15 heteroatoms. The molecule has 4 aromatic rings. The Labute approximate surface area is 253 Å². The molecule has 8 nitrogen and oxygen atoms in total. The predicted octanol–water partition coefficient (Wildman–Crippen LogP) is 1.17. The molecule has 0 bridgehead atoms. The van der Waals surface area contributed by atoms with Crippen LogP contribution < -0.4 is 38.6 Å². The minimum absolute atomic E-state index is 0. The number of thiophene rings is 1. The van der Waals surface area contributed by atoms with Crippen molar-refractivity contribution in [2.45, 2.75) is 29.7 Å². The van der Waals surface area contributed by atoms with E-state index in [9.17, 15) is 30.3 Å². The third-order valence-electron chi connectivity index (χ3n) is 6.79. The molecule has 1 fully saturated rings. The fourth-order valence-electron chi connectivity index (χ4n) is 5.10. The van der Waals surface area contributed by atoms with Crippen LogP contribution in [-0.4, -0.2) is 43.6 Å². The fraction of sp³-hybridized carbons (Fsp3) is 0.261. The van der Waals surface area contributed by atoms with Gasteiger partial charge in [0.05, 0.1) is 34.1 Å². The van der Waals surface area contributed by atoms with Gasteiger partial charge in [-0.05, 0) is 30.0 Å². The maximum Gasteiger partial charge on any atom is 1.00 e. The van der Waals surface area contributed by atoms with Crippen LogP contribution >= 0.6 is 34.4 Å². The van der Waals surface area contributed by atoms with Crippen molar-refractivity contribution < 1.29 is 64.5 Å². The molecular weight excluding hydrogens is 603 g/mol. The summed E-state index contributed by atoms with van der Waals surface area (Å²) in [5.74, 6) is -1.02. The van der Waals surface area contributed by atoms with E-state index in [0.29, 0.717) is 22.2 Å². The summed E-state index contributed by atoms with van der Waals surface area (Å²) in [6.07, 6.45) is 2.12. The second-order valence-corrected chi connectivity index (χ2v) is 15.1. The molecule has 194 valence electrons. The molecular formula is C23H19FN2NaO6S5+. The number of nitrogens with zero attached hydrogens (tertiary/aromatic N) is 2. The van der Waals surface area contributed by atoms with Crippen molar-refractivity contribution >= 4 is 86.1 Å². The van der Waals surface area contributed by atoms with Crippen LogP contribution in [-0.2, 0) is 26.8 Å². The number of benzene rings is 2. The summed E-state index contributed by atoms with van der Waals surface area (Å²) in [6, 6.07) is 12.1. The Hall–Kier alpha value is -0.910. The summed E-state index contributed by atoms with van der Waals surface area (Å²) < 4.78 is 88.4. The number of thioether (sulfide) groups is 1. The van der Waals surface area contributed by atoms with Crippen molar-refractivity contribution in [2.75, 3.05) is 12.3 Å². The zero-order valence-electron chi connectivity index (χ0n) is 20.0. The maximum absolute atomic E-state index is 14.2. The Balaban J connectivity index is 0.00000294. The summed E-state index contributed by atoms with van der Waals surface area (Å²) in [4.78, 5) is 1.60. The van der Waals surface area contributed by atoms with Crippen LogP contribution in [0.1, 0.15) is 17.8 Å². The first-order valence-corrected chi connectivity index (χ1v) is 16.8. The van der Waals surface area contributed by atoms with Gasteiger partial charge in [-0.2, -0.15) is 4.57 Å². The van der Waals surface area contributed by atoms with Crippen molar-refractivity contribution in [3.8, 4) is 0 Å². The van der Waals surface area contributed by atoms with E-state index in [-0.39, 0.29) is 53.4 Å². The van der Waals surface area contributed by atoms with Gasteiger partial charge < -0.3 is 9.11 Å². The summed E-state index contributed by atoms with van der Waals surface area (Å²) in [5.41, 5.74) is 0.458. The molecule has 0 N–H and O–H groups in total. The topological polar surface area (TPSA) is 118 Å². The molecule has 2 aliphatic rings. The molecule has 1 spiro atoms. The van der Waals surface area contributed by atoms with Crippen molar-refractivity contribution in [3.63, 3.8) is 0 Å². The monoisotopic (exact) mass is 621 g/mol. The largest absolute Gasteiger partial charge is 1.00 e. The SMILES string of the molecule is O=S(=O)([O-])CCC[n+]1c(C=C2Sc3ccc(F)cc3[N+]23CCC3S(=O)(=O)[O-])sc2c3ccccc3sc21.[Na+]. The maximum atomic E-state index is 14.2. The van der Waals surface area contributed by atoms with E-state index >= 15 is 0 Å². The van der Waals surface area contributed by atoms with Gasteiger partial charge in [0, 0.05) is 28.3 Å². The number of fused-ring (bicyclic) bond motifs is 5. The van der Waals surface area contributed by atoms with Gasteiger partial charge in [-0.15, -0.1) is 0 Å². The Kier molecular flexibility index (Phi) is 7.66. The number of rotatable bonds is 6. The van der Waals surface area contributed by atoms with Crippen LogP contribution in [0, 0.1) is 5.82 Å². The number of aryl methyl sites for hydroxylation is 1. The van der Waals surface area contributed by atoms with Gasteiger partial charge in [0.1, 0.15) is 10.5 Å². The van der Waals surface area contributed by atoms with Gasteiger partial charge in [-0.1, -0.05) is 40.9 Å². The van der Waals surface area contributed by atoms with Crippen molar-refractivity contribution in [3.05, 3.63) is 58.3 Å². The Morgan fingerprint density at radius 1 is 1.11 bits per heavy atom. The van der Waals surface area contributed by atoms with Gasteiger partial charge in [0.25, 0.3) is 9.84 Å². The molecule has 4 heterocycles. The zero-order chi connectivity index (χ0) is 26.2. The van der Waals surface area contributed by atoms with Crippen molar-refractivity contribution in [2.24, 2.45) is 0 Å². The molecule has 0 aliphatic carbocycles. The van der Waals surface area contributed by atoms with Crippen LogP contribution in [0.5, 0.6) is 0 Å². The van der Waals surface area contributed by atoms with Gasteiger partial charge in [0.2, 0.25) is 0 Å². The van der Waals surface area contributed by atoms with Crippen LogP contribution in [0.4, 0.5) is 10.1 Å².